The van der Waals surface area contributed by atoms with Gasteiger partial charge in [-0.15, -0.1) is 0 Å². The smallest absolute Gasteiger partial charge is 0.166 e. The Labute approximate surface area is 84.9 Å². The summed E-state index contributed by atoms with van der Waals surface area (Å²) in [6.07, 6.45) is 0.610. The molecule has 0 radical (unpaired) electrons. The Balaban J connectivity index is 2.97. The third-order valence-electron chi connectivity index (χ3n) is 1.87. The van der Waals surface area contributed by atoms with Crippen LogP contribution in [0.3, 0.4) is 0 Å². The zero-order chi connectivity index (χ0) is 10.6. The van der Waals surface area contributed by atoms with Crippen molar-refractivity contribution in [1.82, 2.24) is 0 Å². The van der Waals surface area contributed by atoms with Crippen LogP contribution in [-0.4, -0.2) is 11.9 Å². The number of hydrogen-bond acceptors (Lipinski definition) is 2. The van der Waals surface area contributed by atoms with E-state index in [-0.39, 0.29) is 11.9 Å². The molecule has 0 N–H and O–H groups in total. The van der Waals surface area contributed by atoms with Crippen LogP contribution in [0.4, 0.5) is 0 Å². The zero-order valence-electron chi connectivity index (χ0n) is 8.91. The van der Waals surface area contributed by atoms with Crippen LogP contribution in [0, 0.1) is 0 Å². The molecular weight excluding hydrogens is 176 g/mol. The van der Waals surface area contributed by atoms with Crippen LogP contribution >= 0.6 is 0 Å². The molecule has 0 saturated heterocycles. The summed E-state index contributed by atoms with van der Waals surface area (Å²) in [7, 11) is 0. The Hall–Kier alpha value is -1.31. The number of carbonyl (C=O) groups excluding carboxylic acids is 1. The molecule has 1 rings (SSSR count). The highest BCUT2D eigenvalue weighted by atomic mass is 16.5. The van der Waals surface area contributed by atoms with Gasteiger partial charge in [-0.1, -0.05) is 19.1 Å². The van der Waals surface area contributed by atoms with Gasteiger partial charge in [0, 0.05) is 6.42 Å². The van der Waals surface area contributed by atoms with Gasteiger partial charge >= 0.3 is 0 Å². The molecular formula is C12H16O2. The molecule has 0 aliphatic heterocycles. The van der Waals surface area contributed by atoms with Gasteiger partial charge in [0.25, 0.3) is 0 Å². The van der Waals surface area contributed by atoms with E-state index in [9.17, 15) is 4.79 Å². The Morgan fingerprint density at radius 1 is 1.36 bits per heavy atom. The average Bonchev–Trinajstić information content (AvgIpc) is 2.16. The minimum absolute atomic E-state index is 0.0980. The molecule has 0 amide bonds. The molecule has 2 nitrogen and oxygen atoms in total. The van der Waals surface area contributed by atoms with Crippen molar-refractivity contribution < 1.29 is 9.53 Å². The van der Waals surface area contributed by atoms with E-state index in [0.717, 1.165) is 0 Å². The van der Waals surface area contributed by atoms with Crippen molar-refractivity contribution in [3.8, 4) is 5.75 Å². The molecule has 0 heterocycles. The van der Waals surface area contributed by atoms with Gasteiger partial charge in [-0.05, 0) is 26.0 Å². The third-order valence-corrected chi connectivity index (χ3v) is 1.87. The second kappa shape index (κ2) is 4.80. The zero-order valence-corrected chi connectivity index (χ0v) is 8.91. The van der Waals surface area contributed by atoms with Gasteiger partial charge in [0.2, 0.25) is 0 Å². The van der Waals surface area contributed by atoms with Crippen molar-refractivity contribution in [2.45, 2.75) is 33.3 Å². The number of carbonyl (C=O) groups is 1. The summed E-state index contributed by atoms with van der Waals surface area (Å²) in [5.41, 5.74) is 0.684. The molecule has 0 fully saturated rings. The lowest BCUT2D eigenvalue weighted by Gasteiger charge is -2.12. The number of para-hydroxylation sites is 1. The Morgan fingerprint density at radius 2 is 2.00 bits per heavy atom. The van der Waals surface area contributed by atoms with Crippen molar-refractivity contribution in [2.24, 2.45) is 0 Å². The molecule has 76 valence electrons. The van der Waals surface area contributed by atoms with E-state index in [1.807, 2.05) is 45.0 Å². The fourth-order valence-electron chi connectivity index (χ4n) is 1.24. The standard InChI is InChI=1S/C12H16O2/c1-4-11(13)10-7-5-6-8-12(10)14-9(2)3/h5-9H,4H2,1-3H3. The predicted octanol–water partition coefficient (Wildman–Crippen LogP) is 3.07. The van der Waals surface area contributed by atoms with Gasteiger partial charge in [0.1, 0.15) is 5.75 Å². The molecule has 14 heavy (non-hydrogen) atoms. The van der Waals surface area contributed by atoms with Gasteiger partial charge in [-0.3, -0.25) is 4.79 Å². The lowest BCUT2D eigenvalue weighted by molar-refractivity contribution is 0.0982. The normalized spacial score (nSPS) is 10.3. The van der Waals surface area contributed by atoms with Crippen LogP contribution in [0.1, 0.15) is 37.6 Å². The lowest BCUT2D eigenvalue weighted by atomic mass is 10.1. The minimum atomic E-state index is 0.0980. The summed E-state index contributed by atoms with van der Waals surface area (Å²) >= 11 is 0. The summed E-state index contributed by atoms with van der Waals surface area (Å²) in [4.78, 5) is 11.5. The molecule has 2 heteroatoms. The number of ether oxygens (including phenoxy) is 1. The van der Waals surface area contributed by atoms with E-state index < -0.39 is 0 Å². The van der Waals surface area contributed by atoms with Crippen LogP contribution in [-0.2, 0) is 0 Å². The largest absolute Gasteiger partial charge is 0.490 e. The molecule has 0 saturated carbocycles. The van der Waals surface area contributed by atoms with Crippen LogP contribution in [0.2, 0.25) is 0 Å². The topological polar surface area (TPSA) is 26.3 Å². The van der Waals surface area contributed by atoms with E-state index in [1.165, 1.54) is 0 Å². The number of benzene rings is 1. The fourth-order valence-corrected chi connectivity index (χ4v) is 1.24. The summed E-state index contributed by atoms with van der Waals surface area (Å²) in [5, 5.41) is 0. The monoisotopic (exact) mass is 192 g/mol. The predicted molar refractivity (Wildman–Crippen MR) is 56.8 cm³/mol. The van der Waals surface area contributed by atoms with Crippen LogP contribution in [0.25, 0.3) is 0 Å². The third kappa shape index (κ3) is 2.59. The van der Waals surface area contributed by atoms with Gasteiger partial charge in [0.15, 0.2) is 5.78 Å². The average molecular weight is 192 g/mol. The summed E-state index contributed by atoms with van der Waals surface area (Å²) in [5.74, 6) is 0.815. The second-order valence-corrected chi connectivity index (χ2v) is 3.44. The van der Waals surface area contributed by atoms with Gasteiger partial charge in [-0.25, -0.2) is 0 Å². The SMILES string of the molecule is CCC(=O)c1ccccc1OC(C)C. The molecule has 0 aliphatic rings. The van der Waals surface area contributed by atoms with Crippen molar-refractivity contribution in [3.05, 3.63) is 29.8 Å². The molecule has 0 unspecified atom stereocenters. The van der Waals surface area contributed by atoms with Gasteiger partial charge in [-0.2, -0.15) is 0 Å². The quantitative estimate of drug-likeness (QED) is 0.685. The molecule has 0 atom stereocenters. The van der Waals surface area contributed by atoms with Crippen LogP contribution in [0.5, 0.6) is 5.75 Å². The highest BCUT2D eigenvalue weighted by Crippen LogP contribution is 2.20. The first kappa shape index (κ1) is 10.8. The van der Waals surface area contributed by atoms with E-state index in [2.05, 4.69) is 0 Å². The molecule has 0 bridgehead atoms. The van der Waals surface area contributed by atoms with Crippen LogP contribution in [0.15, 0.2) is 24.3 Å². The summed E-state index contributed by atoms with van der Waals surface area (Å²) < 4.78 is 5.55. The first-order chi connectivity index (χ1) is 6.65. The summed E-state index contributed by atoms with van der Waals surface area (Å²) in [6.45, 7) is 5.76. The molecule has 0 spiro atoms. The van der Waals surface area contributed by atoms with E-state index >= 15 is 0 Å². The minimum Gasteiger partial charge on any atom is -0.490 e. The molecule has 1 aromatic rings. The number of rotatable bonds is 4. The van der Waals surface area contributed by atoms with Crippen molar-refractivity contribution in [2.75, 3.05) is 0 Å². The van der Waals surface area contributed by atoms with Crippen molar-refractivity contribution in [1.29, 1.82) is 0 Å². The van der Waals surface area contributed by atoms with E-state index in [1.54, 1.807) is 0 Å². The second-order valence-electron chi connectivity index (χ2n) is 3.44. The maximum absolute atomic E-state index is 11.5. The Kier molecular flexibility index (Phi) is 3.69. The Morgan fingerprint density at radius 3 is 2.57 bits per heavy atom. The first-order valence-corrected chi connectivity index (χ1v) is 4.94. The Bertz CT molecular complexity index is 316. The lowest BCUT2D eigenvalue weighted by Crippen LogP contribution is -2.09. The van der Waals surface area contributed by atoms with E-state index in [4.69, 9.17) is 4.74 Å². The van der Waals surface area contributed by atoms with Gasteiger partial charge in [0.05, 0.1) is 11.7 Å². The first-order valence-electron chi connectivity index (χ1n) is 4.94. The number of Topliss-reactive ketones (excluding diaryl/α,β-unsaturated/α-hetero) is 1. The highest BCUT2D eigenvalue weighted by Gasteiger charge is 2.10. The summed E-state index contributed by atoms with van der Waals surface area (Å²) in [6, 6.07) is 7.38. The fraction of sp³-hybridized carbons (Fsp3) is 0.417. The number of ketones is 1. The maximum atomic E-state index is 11.5. The molecule has 1 aromatic carbocycles. The van der Waals surface area contributed by atoms with Crippen molar-refractivity contribution in [3.63, 3.8) is 0 Å². The van der Waals surface area contributed by atoms with Crippen LogP contribution < -0.4 is 4.74 Å². The van der Waals surface area contributed by atoms with E-state index in [0.29, 0.717) is 17.7 Å². The molecule has 0 aliphatic carbocycles. The number of hydrogen-bond donors (Lipinski definition) is 0. The maximum Gasteiger partial charge on any atom is 0.166 e. The van der Waals surface area contributed by atoms with Crippen molar-refractivity contribution >= 4 is 5.78 Å². The van der Waals surface area contributed by atoms with Gasteiger partial charge < -0.3 is 4.74 Å². The molecule has 0 aromatic heterocycles. The highest BCUT2D eigenvalue weighted by molar-refractivity contribution is 5.98.